The summed E-state index contributed by atoms with van der Waals surface area (Å²) in [5.41, 5.74) is 2.26. The Bertz CT molecular complexity index is 771. The van der Waals surface area contributed by atoms with Crippen LogP contribution >= 0.6 is 0 Å². The predicted octanol–water partition coefficient (Wildman–Crippen LogP) is 2.07. The van der Waals surface area contributed by atoms with Gasteiger partial charge in [0.05, 0.1) is 31.2 Å². The molecule has 3 aliphatic rings. The number of aliphatic hydroxyl groups is 1. The molecule has 3 N–H and O–H groups in total. The fraction of sp³-hybridized carbons (Fsp3) is 0.652. The topological polar surface area (TPSA) is 90.9 Å². The molecule has 2 aliphatic heterocycles. The lowest BCUT2D eigenvalue weighted by Crippen LogP contribution is -2.50. The van der Waals surface area contributed by atoms with Crippen LogP contribution < -0.4 is 10.6 Å². The lowest BCUT2D eigenvalue weighted by Gasteiger charge is -2.41. The van der Waals surface area contributed by atoms with Gasteiger partial charge in [-0.05, 0) is 30.9 Å². The van der Waals surface area contributed by atoms with E-state index in [1.165, 1.54) is 5.56 Å². The number of carbonyl (C=O) groups is 2. The number of para-hydroxylation sites is 1. The molecule has 1 aromatic rings. The summed E-state index contributed by atoms with van der Waals surface area (Å²) < 4.78 is 5.47. The number of hydrogen-bond donors (Lipinski definition) is 3. The van der Waals surface area contributed by atoms with Crippen LogP contribution in [0.3, 0.4) is 0 Å². The Kier molecular flexibility index (Phi) is 6.58. The summed E-state index contributed by atoms with van der Waals surface area (Å²) in [6, 6.07) is 8.34. The number of ether oxygens (including phenoxy) is 1. The summed E-state index contributed by atoms with van der Waals surface area (Å²) in [6.07, 6.45) is 4.68. The molecule has 1 saturated carbocycles. The molecule has 4 rings (SSSR count). The zero-order valence-electron chi connectivity index (χ0n) is 17.7. The molecular formula is C23H33N3O4. The van der Waals surface area contributed by atoms with Crippen molar-refractivity contribution in [2.45, 2.75) is 56.7 Å². The third-order valence-corrected chi connectivity index (χ3v) is 6.98. The van der Waals surface area contributed by atoms with Crippen LogP contribution in [0.25, 0.3) is 0 Å². The van der Waals surface area contributed by atoms with Crippen LogP contribution in [0, 0.1) is 11.8 Å². The smallest absolute Gasteiger partial charge is 0.228 e. The van der Waals surface area contributed by atoms with Crippen molar-refractivity contribution in [3.63, 3.8) is 0 Å². The molecule has 1 aliphatic carbocycles. The first-order valence-corrected chi connectivity index (χ1v) is 11.2. The quantitative estimate of drug-likeness (QED) is 0.662. The summed E-state index contributed by atoms with van der Waals surface area (Å²) in [7, 11) is 1.72. The van der Waals surface area contributed by atoms with Crippen molar-refractivity contribution in [1.82, 2.24) is 10.2 Å². The number of anilines is 1. The Morgan fingerprint density at radius 3 is 2.83 bits per heavy atom. The van der Waals surface area contributed by atoms with Gasteiger partial charge in [-0.1, -0.05) is 31.0 Å². The molecule has 7 heteroatoms. The summed E-state index contributed by atoms with van der Waals surface area (Å²) in [4.78, 5) is 27.9. The summed E-state index contributed by atoms with van der Waals surface area (Å²) >= 11 is 0. The van der Waals surface area contributed by atoms with Crippen LogP contribution in [0.1, 0.15) is 50.1 Å². The molecule has 1 aromatic carbocycles. The van der Waals surface area contributed by atoms with E-state index < -0.39 is 0 Å². The molecule has 30 heavy (non-hydrogen) atoms. The molecule has 2 amide bonds. The normalized spacial score (nSPS) is 30.2. The molecule has 0 unspecified atom stereocenters. The monoisotopic (exact) mass is 415 g/mol. The minimum atomic E-state index is -0.192. The van der Waals surface area contributed by atoms with Gasteiger partial charge in [-0.25, -0.2) is 0 Å². The Labute approximate surface area is 178 Å². The van der Waals surface area contributed by atoms with E-state index in [1.807, 2.05) is 12.1 Å². The Morgan fingerprint density at radius 2 is 2.03 bits per heavy atom. The second-order valence-electron chi connectivity index (χ2n) is 8.76. The van der Waals surface area contributed by atoms with Crippen LogP contribution in [0.15, 0.2) is 24.3 Å². The van der Waals surface area contributed by atoms with Gasteiger partial charge in [-0.3, -0.25) is 9.59 Å². The zero-order valence-corrected chi connectivity index (χ0v) is 17.7. The molecule has 2 heterocycles. The molecule has 0 spiro atoms. The van der Waals surface area contributed by atoms with Gasteiger partial charge < -0.3 is 25.4 Å². The molecule has 2 fully saturated rings. The van der Waals surface area contributed by atoms with E-state index in [4.69, 9.17) is 9.84 Å². The molecule has 0 bridgehead atoms. The maximum absolute atomic E-state index is 13.8. The number of likely N-dealkylation sites (tertiary alicyclic amines) is 1. The number of aliphatic hydroxyl groups excluding tert-OH is 1. The third-order valence-electron chi connectivity index (χ3n) is 6.98. The van der Waals surface area contributed by atoms with Crippen LogP contribution in [0.4, 0.5) is 5.69 Å². The predicted molar refractivity (Wildman–Crippen MR) is 114 cm³/mol. The number of methoxy groups -OCH3 is 1. The number of rotatable bonds is 6. The van der Waals surface area contributed by atoms with Crippen molar-refractivity contribution in [3.8, 4) is 0 Å². The van der Waals surface area contributed by atoms with E-state index in [0.717, 1.165) is 44.3 Å². The highest BCUT2D eigenvalue weighted by molar-refractivity contribution is 5.83. The van der Waals surface area contributed by atoms with Crippen LogP contribution in [-0.4, -0.2) is 60.8 Å². The Morgan fingerprint density at radius 1 is 1.23 bits per heavy atom. The zero-order chi connectivity index (χ0) is 21.1. The fourth-order valence-electron chi connectivity index (χ4n) is 5.61. The van der Waals surface area contributed by atoms with E-state index in [2.05, 4.69) is 27.7 Å². The summed E-state index contributed by atoms with van der Waals surface area (Å²) in [5.74, 6) is 0.108. The Balaban J connectivity index is 1.57. The maximum atomic E-state index is 13.8. The van der Waals surface area contributed by atoms with Crippen molar-refractivity contribution in [2.24, 2.45) is 11.8 Å². The summed E-state index contributed by atoms with van der Waals surface area (Å²) in [6.45, 7) is 1.18. The van der Waals surface area contributed by atoms with Gasteiger partial charge >= 0.3 is 0 Å². The van der Waals surface area contributed by atoms with E-state index in [0.29, 0.717) is 12.5 Å². The number of carbonyl (C=O) groups excluding carboxylic acids is 2. The van der Waals surface area contributed by atoms with Crippen molar-refractivity contribution in [2.75, 3.05) is 32.2 Å². The number of fused-ring (bicyclic) bond motifs is 3. The van der Waals surface area contributed by atoms with E-state index >= 15 is 0 Å². The number of nitrogens with one attached hydrogen (secondary N) is 2. The summed E-state index contributed by atoms with van der Waals surface area (Å²) in [5, 5.41) is 15.7. The van der Waals surface area contributed by atoms with Gasteiger partial charge in [0.1, 0.15) is 0 Å². The highest BCUT2D eigenvalue weighted by Gasteiger charge is 2.48. The molecule has 0 radical (unpaired) electrons. The average molecular weight is 416 g/mol. The number of amides is 2. The van der Waals surface area contributed by atoms with Crippen LogP contribution in [-0.2, 0) is 14.3 Å². The SMILES string of the molecule is COC[C@@H]1Nc2ccccc2[C@H]2[C@H]1CCN2C(=O)[C@H]1CCCC[C@H]1NC(=O)CCO. The minimum Gasteiger partial charge on any atom is -0.396 e. The van der Waals surface area contributed by atoms with Crippen molar-refractivity contribution in [3.05, 3.63) is 29.8 Å². The van der Waals surface area contributed by atoms with Crippen LogP contribution in [0.2, 0.25) is 0 Å². The van der Waals surface area contributed by atoms with Gasteiger partial charge in [0.25, 0.3) is 0 Å². The Hall–Kier alpha value is -2.12. The van der Waals surface area contributed by atoms with Crippen LogP contribution in [0.5, 0.6) is 0 Å². The highest BCUT2D eigenvalue weighted by Crippen LogP contribution is 2.47. The molecular weight excluding hydrogens is 382 g/mol. The highest BCUT2D eigenvalue weighted by atomic mass is 16.5. The van der Waals surface area contributed by atoms with Gasteiger partial charge in [-0.2, -0.15) is 0 Å². The first kappa shape index (κ1) is 21.1. The maximum Gasteiger partial charge on any atom is 0.228 e. The number of nitrogens with zero attached hydrogens (tertiary/aromatic N) is 1. The first-order chi connectivity index (χ1) is 14.6. The molecule has 164 valence electrons. The van der Waals surface area contributed by atoms with E-state index in [9.17, 15) is 9.59 Å². The molecule has 1 saturated heterocycles. The van der Waals surface area contributed by atoms with Crippen molar-refractivity contribution in [1.29, 1.82) is 0 Å². The average Bonchev–Trinajstić information content (AvgIpc) is 3.20. The minimum absolute atomic E-state index is 0.0471. The second-order valence-corrected chi connectivity index (χ2v) is 8.76. The fourth-order valence-corrected chi connectivity index (χ4v) is 5.61. The lowest BCUT2D eigenvalue weighted by molar-refractivity contribution is -0.139. The molecule has 0 aromatic heterocycles. The largest absolute Gasteiger partial charge is 0.396 e. The van der Waals surface area contributed by atoms with Gasteiger partial charge in [-0.15, -0.1) is 0 Å². The molecule has 5 atom stereocenters. The van der Waals surface area contributed by atoms with Gasteiger partial charge in [0.15, 0.2) is 0 Å². The van der Waals surface area contributed by atoms with E-state index in [-0.39, 0.29) is 48.9 Å². The van der Waals surface area contributed by atoms with Gasteiger partial charge in [0.2, 0.25) is 11.8 Å². The first-order valence-electron chi connectivity index (χ1n) is 11.2. The van der Waals surface area contributed by atoms with E-state index in [1.54, 1.807) is 7.11 Å². The lowest BCUT2D eigenvalue weighted by atomic mass is 9.81. The number of benzene rings is 1. The standard InChI is InChI=1S/C23H33N3O4/c1-30-14-20-16-10-12-26(22(16)15-6-2-4-8-18(15)24-20)23(29)17-7-3-5-9-19(17)25-21(28)11-13-27/h2,4,6,8,16-17,19-20,22,24,27H,3,5,7,9-14H2,1H3,(H,25,28)/t16-,17-,19+,20-,22-/m0/s1. The number of hydrogen-bond acceptors (Lipinski definition) is 5. The van der Waals surface area contributed by atoms with Gasteiger partial charge in [0, 0.05) is 37.7 Å². The second kappa shape index (κ2) is 9.35. The van der Waals surface area contributed by atoms with Crippen molar-refractivity contribution >= 4 is 17.5 Å². The van der Waals surface area contributed by atoms with Crippen molar-refractivity contribution < 1.29 is 19.4 Å². The molecule has 7 nitrogen and oxygen atoms in total. The third kappa shape index (κ3) is 4.05.